The van der Waals surface area contributed by atoms with E-state index >= 15 is 0 Å². The number of amides is 1. The monoisotopic (exact) mass is 377 g/mol. The molecule has 0 unspecified atom stereocenters. The van der Waals surface area contributed by atoms with E-state index in [1.165, 1.54) is 23.1 Å². The van der Waals surface area contributed by atoms with Gasteiger partial charge in [0.1, 0.15) is 11.5 Å². The number of aromatic nitrogens is 2. The number of rotatable bonds is 4. The fourth-order valence-corrected chi connectivity index (χ4v) is 2.87. The fourth-order valence-electron chi connectivity index (χ4n) is 2.41. The molecule has 0 aliphatic heterocycles. The van der Waals surface area contributed by atoms with Crippen LogP contribution in [0.4, 0.5) is 4.39 Å². The second kappa shape index (κ2) is 7.25. The number of hydrogen-bond acceptors (Lipinski definition) is 2. The van der Waals surface area contributed by atoms with Gasteiger partial charge in [0.15, 0.2) is 5.15 Å². The van der Waals surface area contributed by atoms with Crippen molar-refractivity contribution in [1.82, 2.24) is 14.3 Å². The number of benzene rings is 1. The van der Waals surface area contributed by atoms with Crippen molar-refractivity contribution in [3.63, 3.8) is 0 Å². The Morgan fingerprint density at radius 1 is 1.28 bits per heavy atom. The van der Waals surface area contributed by atoms with Crippen LogP contribution in [0.25, 0.3) is 11.7 Å². The highest BCUT2D eigenvalue weighted by Gasteiger charge is 2.13. The Labute approximate surface area is 154 Å². The molecule has 7 heteroatoms. The lowest BCUT2D eigenvalue weighted by Gasteiger charge is -2.16. The molecule has 0 saturated heterocycles. The third kappa shape index (κ3) is 3.67. The van der Waals surface area contributed by atoms with Crippen molar-refractivity contribution in [2.75, 3.05) is 7.05 Å². The van der Waals surface area contributed by atoms with E-state index in [0.29, 0.717) is 16.5 Å². The van der Waals surface area contributed by atoms with E-state index in [1.54, 1.807) is 29.8 Å². The minimum Gasteiger partial charge on any atom is -0.338 e. The Kier molecular flexibility index (Phi) is 5.06. The largest absolute Gasteiger partial charge is 0.338 e. The summed E-state index contributed by atoms with van der Waals surface area (Å²) in [5.74, 6) is -0.748. The maximum atomic E-state index is 13.8. The summed E-state index contributed by atoms with van der Waals surface area (Å²) in [6, 6.07) is 9.94. The number of hydrogen-bond donors (Lipinski definition) is 0. The van der Waals surface area contributed by atoms with Gasteiger partial charge in [-0.25, -0.2) is 9.37 Å². The van der Waals surface area contributed by atoms with Gasteiger partial charge in [0.05, 0.1) is 5.69 Å². The molecule has 0 aliphatic carbocycles. The number of halogens is 3. The average Bonchev–Trinajstić information content (AvgIpc) is 2.91. The second-order valence-corrected chi connectivity index (χ2v) is 6.21. The molecule has 0 radical (unpaired) electrons. The van der Waals surface area contributed by atoms with Crippen molar-refractivity contribution in [3.8, 4) is 0 Å². The van der Waals surface area contributed by atoms with Crippen LogP contribution >= 0.6 is 23.2 Å². The lowest BCUT2D eigenvalue weighted by molar-refractivity contribution is -0.125. The Balaban J connectivity index is 1.79. The van der Waals surface area contributed by atoms with Crippen LogP contribution < -0.4 is 0 Å². The maximum absolute atomic E-state index is 13.8. The van der Waals surface area contributed by atoms with Gasteiger partial charge in [-0.15, -0.1) is 0 Å². The van der Waals surface area contributed by atoms with E-state index in [9.17, 15) is 9.18 Å². The minimum atomic E-state index is -0.444. The van der Waals surface area contributed by atoms with E-state index in [4.69, 9.17) is 23.2 Å². The van der Waals surface area contributed by atoms with Crippen molar-refractivity contribution in [2.24, 2.45) is 0 Å². The standard InChI is InChI=1S/C18H14Cl2FN3O/c1-23(11-12-13(19)5-4-6-14(12)21)17(25)9-8-15-18(20)22-16-7-2-3-10-24(15)16/h2-10H,11H2,1H3/b9-8+. The molecule has 4 nitrogen and oxygen atoms in total. The summed E-state index contributed by atoms with van der Waals surface area (Å²) >= 11 is 12.1. The highest BCUT2D eigenvalue weighted by atomic mass is 35.5. The quantitative estimate of drug-likeness (QED) is 0.629. The summed E-state index contributed by atoms with van der Waals surface area (Å²) in [5.41, 5.74) is 1.57. The number of pyridine rings is 1. The summed E-state index contributed by atoms with van der Waals surface area (Å²) in [6.07, 6.45) is 4.77. The van der Waals surface area contributed by atoms with E-state index < -0.39 is 5.82 Å². The van der Waals surface area contributed by atoms with Crippen LogP contribution in [0.15, 0.2) is 48.7 Å². The van der Waals surface area contributed by atoms with E-state index in [1.807, 2.05) is 18.2 Å². The average molecular weight is 378 g/mol. The zero-order chi connectivity index (χ0) is 18.0. The van der Waals surface area contributed by atoms with Crippen molar-refractivity contribution in [1.29, 1.82) is 0 Å². The van der Waals surface area contributed by atoms with Crippen LogP contribution in [0, 0.1) is 5.82 Å². The summed E-state index contributed by atoms with van der Waals surface area (Å²) in [7, 11) is 1.57. The van der Waals surface area contributed by atoms with Crippen molar-refractivity contribution >= 4 is 40.8 Å². The van der Waals surface area contributed by atoms with Gasteiger partial charge in [0.25, 0.3) is 0 Å². The molecule has 128 valence electrons. The Bertz CT molecular complexity index is 948. The zero-order valence-electron chi connectivity index (χ0n) is 13.3. The van der Waals surface area contributed by atoms with Crippen LogP contribution in [0.3, 0.4) is 0 Å². The maximum Gasteiger partial charge on any atom is 0.246 e. The highest BCUT2D eigenvalue weighted by Crippen LogP contribution is 2.21. The van der Waals surface area contributed by atoms with Crippen molar-refractivity contribution < 1.29 is 9.18 Å². The summed E-state index contributed by atoms with van der Waals surface area (Å²) in [5, 5.41) is 0.587. The van der Waals surface area contributed by atoms with Gasteiger partial charge in [-0.05, 0) is 30.3 Å². The number of carbonyl (C=O) groups excluding carboxylic acids is 1. The molecule has 0 saturated carbocycles. The van der Waals surface area contributed by atoms with Gasteiger partial charge >= 0.3 is 0 Å². The third-order valence-electron chi connectivity index (χ3n) is 3.74. The summed E-state index contributed by atoms with van der Waals surface area (Å²) in [4.78, 5) is 17.9. The first kappa shape index (κ1) is 17.5. The van der Waals surface area contributed by atoms with E-state index in [2.05, 4.69) is 4.98 Å². The number of imidazole rings is 1. The molecular weight excluding hydrogens is 364 g/mol. The number of fused-ring (bicyclic) bond motifs is 1. The number of likely N-dealkylation sites (N-methyl/N-ethyl adjacent to an activating group) is 1. The van der Waals surface area contributed by atoms with Crippen LogP contribution in [0.5, 0.6) is 0 Å². The zero-order valence-corrected chi connectivity index (χ0v) is 14.8. The molecule has 1 aromatic carbocycles. The van der Waals surface area contributed by atoms with Crippen molar-refractivity contribution in [3.05, 3.63) is 75.9 Å². The van der Waals surface area contributed by atoms with Crippen LogP contribution in [0.2, 0.25) is 10.2 Å². The van der Waals surface area contributed by atoms with Gasteiger partial charge in [0, 0.05) is 36.5 Å². The van der Waals surface area contributed by atoms with Gasteiger partial charge in [-0.2, -0.15) is 0 Å². The fraction of sp³-hybridized carbons (Fsp3) is 0.111. The van der Waals surface area contributed by atoms with E-state index in [-0.39, 0.29) is 23.0 Å². The highest BCUT2D eigenvalue weighted by molar-refractivity contribution is 6.31. The number of nitrogens with zero attached hydrogens (tertiary/aromatic N) is 3. The molecule has 2 aromatic heterocycles. The first-order valence-electron chi connectivity index (χ1n) is 7.46. The normalized spacial score (nSPS) is 11.4. The first-order valence-corrected chi connectivity index (χ1v) is 8.21. The second-order valence-electron chi connectivity index (χ2n) is 5.44. The Morgan fingerprint density at radius 3 is 2.84 bits per heavy atom. The SMILES string of the molecule is CN(Cc1c(F)cccc1Cl)C(=O)/C=C/c1c(Cl)nc2ccccn12. The first-order chi connectivity index (χ1) is 12.0. The smallest absolute Gasteiger partial charge is 0.246 e. The van der Waals surface area contributed by atoms with Gasteiger partial charge in [-0.1, -0.05) is 35.3 Å². The van der Waals surface area contributed by atoms with Crippen LogP contribution in [0.1, 0.15) is 11.3 Å². The third-order valence-corrected chi connectivity index (χ3v) is 4.37. The molecule has 3 rings (SSSR count). The molecule has 2 heterocycles. The molecule has 0 spiro atoms. The molecule has 0 fully saturated rings. The molecule has 0 aliphatic rings. The molecule has 25 heavy (non-hydrogen) atoms. The van der Waals surface area contributed by atoms with E-state index in [0.717, 1.165) is 0 Å². The predicted octanol–water partition coefficient (Wildman–Crippen LogP) is 4.45. The van der Waals surface area contributed by atoms with Gasteiger partial charge in [0.2, 0.25) is 5.91 Å². The molecule has 3 aromatic rings. The molecule has 1 amide bonds. The molecule has 0 N–H and O–H groups in total. The Morgan fingerprint density at radius 2 is 2.08 bits per heavy atom. The van der Waals surface area contributed by atoms with Crippen molar-refractivity contribution in [2.45, 2.75) is 6.54 Å². The van der Waals surface area contributed by atoms with Gasteiger partial charge < -0.3 is 4.90 Å². The minimum absolute atomic E-state index is 0.0650. The Hall–Kier alpha value is -2.37. The van der Waals surface area contributed by atoms with Gasteiger partial charge in [-0.3, -0.25) is 9.20 Å². The lowest BCUT2D eigenvalue weighted by atomic mass is 10.2. The predicted molar refractivity (Wildman–Crippen MR) is 97.1 cm³/mol. The number of carbonyl (C=O) groups is 1. The van der Waals surface area contributed by atoms with Crippen LogP contribution in [-0.2, 0) is 11.3 Å². The molecule has 0 atom stereocenters. The molecular formula is C18H14Cl2FN3O. The molecule has 0 bridgehead atoms. The topological polar surface area (TPSA) is 37.6 Å². The summed E-state index contributed by atoms with van der Waals surface area (Å²) in [6.45, 7) is 0.0650. The summed E-state index contributed by atoms with van der Waals surface area (Å²) < 4.78 is 15.6. The lowest BCUT2D eigenvalue weighted by Crippen LogP contribution is -2.24. The van der Waals surface area contributed by atoms with Crippen LogP contribution in [-0.4, -0.2) is 27.2 Å².